The monoisotopic (exact) mass is 608 g/mol. The highest BCUT2D eigenvalue weighted by Crippen LogP contribution is 2.45. The largest absolute Gasteiger partial charge is 0.504 e. The molecule has 8 nitrogen and oxygen atoms in total. The Hall–Kier alpha value is -4.40. The van der Waals surface area contributed by atoms with Crippen LogP contribution < -0.4 is 18.9 Å². The van der Waals surface area contributed by atoms with E-state index in [1.807, 2.05) is 30.3 Å². The average molecular weight is 609 g/mol. The van der Waals surface area contributed by atoms with Crippen molar-refractivity contribution in [3.63, 3.8) is 0 Å². The first-order chi connectivity index (χ1) is 21.8. The molecule has 4 aromatic carbocycles. The van der Waals surface area contributed by atoms with E-state index in [-0.39, 0.29) is 30.2 Å². The number of fused-ring (bicyclic) bond motifs is 3. The van der Waals surface area contributed by atoms with Crippen molar-refractivity contribution in [2.45, 2.75) is 44.4 Å². The topological polar surface area (TPSA) is 83.9 Å². The van der Waals surface area contributed by atoms with Gasteiger partial charge in [0.15, 0.2) is 34.5 Å². The van der Waals surface area contributed by atoms with Crippen molar-refractivity contribution in [3.8, 4) is 40.2 Å². The second kappa shape index (κ2) is 11.8. The van der Waals surface area contributed by atoms with Crippen LogP contribution in [0.15, 0.2) is 60.7 Å². The highest BCUT2D eigenvalue weighted by Gasteiger charge is 2.32. The molecule has 0 saturated heterocycles. The molecule has 2 N–H and O–H groups in total. The molecule has 0 aromatic heterocycles. The van der Waals surface area contributed by atoms with Gasteiger partial charge in [0.1, 0.15) is 12.4 Å². The van der Waals surface area contributed by atoms with E-state index in [0.717, 1.165) is 66.6 Å². The molecule has 234 valence electrons. The standard InChI is InChI=1S/C37H40N2O6/c1-38-13-11-24-18-33(42-3)34-20-27(24)29(38)16-23-7-10-31(40)32(17-23)45-26-8-5-22(6-9-26)15-30-36-25(12-14-39(30)2)19-35(43-4)37(41)28(36)21-44-34/h5-10,17-20,29-30,40-41H,11-16,21H2,1-4H3. The normalized spacial score (nSPS) is 19.7. The number of likely N-dealkylation sites (N-methyl/N-ethyl adjacent to an activating group) is 2. The van der Waals surface area contributed by atoms with Crippen LogP contribution >= 0.6 is 0 Å². The van der Waals surface area contributed by atoms with Crippen LogP contribution in [0.3, 0.4) is 0 Å². The first-order valence-corrected chi connectivity index (χ1v) is 15.6. The highest BCUT2D eigenvalue weighted by atomic mass is 16.5. The van der Waals surface area contributed by atoms with Crippen LogP contribution in [0.5, 0.6) is 40.2 Å². The van der Waals surface area contributed by atoms with E-state index in [9.17, 15) is 10.2 Å². The lowest BCUT2D eigenvalue weighted by Gasteiger charge is -2.37. The van der Waals surface area contributed by atoms with Crippen LogP contribution in [-0.2, 0) is 32.3 Å². The number of benzene rings is 4. The molecule has 8 rings (SSSR count). The summed E-state index contributed by atoms with van der Waals surface area (Å²) in [5.74, 6) is 3.08. The number of hydrogen-bond donors (Lipinski definition) is 2. The van der Waals surface area contributed by atoms with Gasteiger partial charge in [0, 0.05) is 30.7 Å². The molecule has 8 heteroatoms. The van der Waals surface area contributed by atoms with Gasteiger partial charge < -0.3 is 29.2 Å². The van der Waals surface area contributed by atoms with Crippen LogP contribution in [0.1, 0.15) is 51.0 Å². The molecule has 2 unspecified atom stereocenters. The van der Waals surface area contributed by atoms with Crippen molar-refractivity contribution in [3.05, 3.63) is 99.6 Å². The van der Waals surface area contributed by atoms with Crippen molar-refractivity contribution in [1.82, 2.24) is 9.80 Å². The van der Waals surface area contributed by atoms with Gasteiger partial charge in [-0.2, -0.15) is 0 Å². The molecule has 4 aromatic rings. The molecular weight excluding hydrogens is 568 g/mol. The van der Waals surface area contributed by atoms with Gasteiger partial charge in [-0.05, 0) is 116 Å². The Balaban J connectivity index is 1.40. The predicted octanol–water partition coefficient (Wildman–Crippen LogP) is 6.34. The summed E-state index contributed by atoms with van der Waals surface area (Å²) in [6, 6.07) is 19.9. The third-order valence-corrected chi connectivity index (χ3v) is 9.77. The number of phenolic OH excluding ortho intramolecular Hbond substituents is 2. The smallest absolute Gasteiger partial charge is 0.169 e. The molecule has 0 fully saturated rings. The summed E-state index contributed by atoms with van der Waals surface area (Å²) in [6.07, 6.45) is 3.20. The van der Waals surface area contributed by atoms with Gasteiger partial charge in [0.25, 0.3) is 0 Å². The van der Waals surface area contributed by atoms with E-state index >= 15 is 0 Å². The molecule has 2 atom stereocenters. The van der Waals surface area contributed by atoms with E-state index in [0.29, 0.717) is 28.7 Å². The zero-order valence-corrected chi connectivity index (χ0v) is 26.3. The molecule has 0 spiro atoms. The summed E-state index contributed by atoms with van der Waals surface area (Å²) < 4.78 is 24.3. The van der Waals surface area contributed by atoms with Crippen molar-refractivity contribution in [2.75, 3.05) is 41.4 Å². The Bertz CT molecular complexity index is 1740. The minimum absolute atomic E-state index is 0.0159. The van der Waals surface area contributed by atoms with Crippen LogP contribution in [0.4, 0.5) is 0 Å². The molecule has 0 aliphatic carbocycles. The van der Waals surface area contributed by atoms with Crippen LogP contribution in [0, 0.1) is 0 Å². The molecule has 0 radical (unpaired) electrons. The number of ether oxygens (including phenoxy) is 4. The molecule has 0 saturated carbocycles. The Morgan fingerprint density at radius 1 is 0.733 bits per heavy atom. The number of hydrogen-bond acceptors (Lipinski definition) is 8. The van der Waals surface area contributed by atoms with E-state index < -0.39 is 0 Å². The van der Waals surface area contributed by atoms with Gasteiger partial charge in [-0.1, -0.05) is 18.2 Å². The van der Waals surface area contributed by atoms with Gasteiger partial charge >= 0.3 is 0 Å². The zero-order chi connectivity index (χ0) is 31.2. The molecule has 0 amide bonds. The third-order valence-electron chi connectivity index (χ3n) is 9.77. The first-order valence-electron chi connectivity index (χ1n) is 15.6. The van der Waals surface area contributed by atoms with Crippen molar-refractivity contribution >= 4 is 0 Å². The third kappa shape index (κ3) is 5.42. The summed E-state index contributed by atoms with van der Waals surface area (Å²) in [4.78, 5) is 4.70. The second-order valence-electron chi connectivity index (χ2n) is 12.4. The molecule has 45 heavy (non-hydrogen) atoms. The van der Waals surface area contributed by atoms with Gasteiger partial charge in [0.2, 0.25) is 0 Å². The molecule has 4 aliphatic rings. The molecule has 6 bridgehead atoms. The lowest BCUT2D eigenvalue weighted by molar-refractivity contribution is 0.217. The van der Waals surface area contributed by atoms with E-state index in [1.165, 1.54) is 11.1 Å². The maximum absolute atomic E-state index is 11.5. The van der Waals surface area contributed by atoms with Crippen LogP contribution in [0.2, 0.25) is 0 Å². The van der Waals surface area contributed by atoms with Crippen molar-refractivity contribution in [2.24, 2.45) is 0 Å². The minimum atomic E-state index is 0.0159. The fourth-order valence-electron chi connectivity index (χ4n) is 7.19. The minimum Gasteiger partial charge on any atom is -0.504 e. The number of nitrogens with zero attached hydrogens (tertiary/aromatic N) is 2. The quantitative estimate of drug-likeness (QED) is 0.273. The van der Waals surface area contributed by atoms with E-state index in [4.69, 9.17) is 18.9 Å². The number of phenols is 2. The van der Waals surface area contributed by atoms with Crippen LogP contribution in [0.25, 0.3) is 0 Å². The Labute approximate surface area is 264 Å². The Morgan fingerprint density at radius 2 is 1.40 bits per heavy atom. The fourth-order valence-corrected chi connectivity index (χ4v) is 7.19. The lowest BCUT2D eigenvalue weighted by Crippen LogP contribution is -2.34. The number of rotatable bonds is 2. The Kier molecular flexibility index (Phi) is 7.71. The van der Waals surface area contributed by atoms with Crippen molar-refractivity contribution in [1.29, 1.82) is 0 Å². The SMILES string of the molecule is COc1cc2c3cc1OCc1c(O)c(OC)cc4c1C(Cc1ccc(cc1)Oc1cc(ccc1O)CC3N(C)CC2)N(C)CC4. The number of aromatic hydroxyl groups is 2. The fraction of sp³-hybridized carbons (Fsp3) is 0.351. The maximum Gasteiger partial charge on any atom is 0.169 e. The summed E-state index contributed by atoms with van der Waals surface area (Å²) in [6.45, 7) is 1.96. The van der Waals surface area contributed by atoms with Crippen molar-refractivity contribution < 1.29 is 29.2 Å². The lowest BCUT2D eigenvalue weighted by atomic mass is 9.85. The van der Waals surface area contributed by atoms with Gasteiger partial charge in [-0.25, -0.2) is 0 Å². The molecule has 4 heterocycles. The summed E-state index contributed by atoms with van der Waals surface area (Å²) >= 11 is 0. The predicted molar refractivity (Wildman–Crippen MR) is 172 cm³/mol. The Morgan fingerprint density at radius 3 is 2.16 bits per heavy atom. The zero-order valence-electron chi connectivity index (χ0n) is 26.3. The average Bonchev–Trinajstić information content (AvgIpc) is 3.04. The van der Waals surface area contributed by atoms with Crippen LogP contribution in [-0.4, -0.2) is 61.4 Å². The van der Waals surface area contributed by atoms with E-state index in [2.05, 4.69) is 48.2 Å². The van der Waals surface area contributed by atoms with Gasteiger partial charge in [-0.3, -0.25) is 9.80 Å². The maximum atomic E-state index is 11.5. The summed E-state index contributed by atoms with van der Waals surface area (Å²) in [5, 5.41) is 22.2. The molecular formula is C37H40N2O6. The first kappa shape index (κ1) is 29.3. The summed E-state index contributed by atoms with van der Waals surface area (Å²) in [5.41, 5.74) is 7.57. The highest BCUT2D eigenvalue weighted by molar-refractivity contribution is 5.57. The second-order valence-corrected chi connectivity index (χ2v) is 12.4. The van der Waals surface area contributed by atoms with Gasteiger partial charge in [0.05, 0.1) is 14.2 Å². The van der Waals surface area contributed by atoms with E-state index in [1.54, 1.807) is 20.3 Å². The summed E-state index contributed by atoms with van der Waals surface area (Å²) in [7, 11) is 7.53. The van der Waals surface area contributed by atoms with Gasteiger partial charge in [-0.15, -0.1) is 0 Å². The number of methoxy groups -OCH3 is 2. The molecule has 4 aliphatic heterocycles.